The number of carbonyl (C=O) groups is 2. The van der Waals surface area contributed by atoms with Crippen molar-refractivity contribution >= 4 is 23.4 Å². The molecule has 2 amide bonds. The van der Waals surface area contributed by atoms with Crippen molar-refractivity contribution in [1.82, 2.24) is 10.2 Å². The molecule has 32 heavy (non-hydrogen) atoms. The molecule has 0 aromatic heterocycles. The average Bonchev–Trinajstić information content (AvgIpc) is 2.79. The van der Waals surface area contributed by atoms with E-state index in [0.717, 1.165) is 24.0 Å². The smallest absolute Gasteiger partial charge is 0.242 e. The monoisotopic (exact) mass is 456 g/mol. The van der Waals surface area contributed by atoms with E-state index in [-0.39, 0.29) is 11.8 Å². The molecule has 5 heteroatoms. The number of unbranched alkanes of at least 4 members (excludes halogenated alkanes) is 1. The summed E-state index contributed by atoms with van der Waals surface area (Å²) < 4.78 is 0. The van der Waals surface area contributed by atoms with Crippen LogP contribution in [0.4, 0.5) is 0 Å². The van der Waals surface area contributed by atoms with Gasteiger partial charge in [0.1, 0.15) is 6.04 Å². The van der Waals surface area contributed by atoms with Gasteiger partial charge in [0, 0.05) is 24.5 Å². The highest BCUT2D eigenvalue weighted by Crippen LogP contribution is 2.21. The lowest BCUT2D eigenvalue weighted by atomic mass is 10.00. The second kappa shape index (κ2) is 13.3. The summed E-state index contributed by atoms with van der Waals surface area (Å²) in [5.74, 6) is 0.353. The van der Waals surface area contributed by atoms with Gasteiger partial charge in [0.15, 0.2) is 0 Å². The molecule has 0 bridgehead atoms. The Kier molecular flexibility index (Phi) is 10.8. The maximum Gasteiger partial charge on any atom is 0.242 e. The number of rotatable bonds is 12. The van der Waals surface area contributed by atoms with Gasteiger partial charge < -0.3 is 10.2 Å². The molecule has 4 nitrogen and oxygen atoms in total. The third kappa shape index (κ3) is 7.67. The number of halogens is 1. The third-order valence-electron chi connectivity index (χ3n) is 5.79. The van der Waals surface area contributed by atoms with Crippen LogP contribution >= 0.6 is 11.6 Å². The van der Waals surface area contributed by atoms with Crippen LogP contribution in [0.3, 0.4) is 0 Å². The maximum absolute atomic E-state index is 13.3. The van der Waals surface area contributed by atoms with Crippen molar-refractivity contribution in [2.24, 2.45) is 0 Å². The van der Waals surface area contributed by atoms with Crippen molar-refractivity contribution < 1.29 is 9.59 Å². The molecule has 0 heterocycles. The number of carbonyl (C=O) groups excluding carboxylic acids is 2. The van der Waals surface area contributed by atoms with E-state index in [4.69, 9.17) is 11.6 Å². The molecule has 0 saturated carbocycles. The number of hydrogen-bond acceptors (Lipinski definition) is 2. The quantitative estimate of drug-likeness (QED) is 0.391. The summed E-state index contributed by atoms with van der Waals surface area (Å²) in [5, 5.41) is 3.60. The molecule has 0 radical (unpaired) electrons. The minimum atomic E-state index is -0.515. The number of aryl methyl sites for hydroxylation is 1. The fourth-order valence-corrected chi connectivity index (χ4v) is 3.90. The van der Waals surface area contributed by atoms with Gasteiger partial charge in [0.2, 0.25) is 11.8 Å². The largest absolute Gasteiger partial charge is 0.354 e. The first-order valence-electron chi connectivity index (χ1n) is 11.8. The molecule has 2 rings (SSSR count). The van der Waals surface area contributed by atoms with E-state index >= 15 is 0 Å². The Morgan fingerprint density at radius 3 is 2.31 bits per heavy atom. The zero-order valence-electron chi connectivity index (χ0n) is 19.9. The Morgan fingerprint density at radius 1 is 1.03 bits per heavy atom. The fraction of sp³-hybridized carbons (Fsp3) is 0.481. The topological polar surface area (TPSA) is 49.4 Å². The molecule has 0 saturated heterocycles. The predicted octanol–water partition coefficient (Wildman–Crippen LogP) is 6.12. The molecular formula is C27H37ClN2O2. The summed E-state index contributed by atoms with van der Waals surface area (Å²) in [4.78, 5) is 28.0. The van der Waals surface area contributed by atoms with Gasteiger partial charge in [0.05, 0.1) is 0 Å². The number of nitrogens with zero attached hydrogens (tertiary/aromatic N) is 1. The highest BCUT2D eigenvalue weighted by atomic mass is 35.5. The minimum Gasteiger partial charge on any atom is -0.354 e. The molecule has 1 unspecified atom stereocenters. The minimum absolute atomic E-state index is 0.0321. The van der Waals surface area contributed by atoms with Gasteiger partial charge in [-0.15, -0.1) is 0 Å². The zero-order valence-corrected chi connectivity index (χ0v) is 20.6. The van der Waals surface area contributed by atoms with Crippen molar-refractivity contribution in [3.63, 3.8) is 0 Å². The number of benzene rings is 2. The summed E-state index contributed by atoms with van der Waals surface area (Å²) in [5.41, 5.74) is 3.26. The Labute approximate surface area is 198 Å². The summed E-state index contributed by atoms with van der Waals surface area (Å²) in [6.45, 7) is 9.32. The molecule has 2 aromatic carbocycles. The van der Waals surface area contributed by atoms with E-state index in [0.29, 0.717) is 43.3 Å². The Balaban J connectivity index is 2.16. The average molecular weight is 457 g/mol. The third-order valence-corrected chi connectivity index (χ3v) is 6.16. The maximum atomic E-state index is 13.3. The first kappa shape index (κ1) is 25.9. The summed E-state index contributed by atoms with van der Waals surface area (Å²) in [6.07, 6.45) is 3.48. The predicted molar refractivity (Wildman–Crippen MR) is 133 cm³/mol. The highest BCUT2D eigenvalue weighted by Gasteiger charge is 2.28. The Bertz CT molecular complexity index is 864. The molecule has 0 aliphatic heterocycles. The van der Waals surface area contributed by atoms with Crippen LogP contribution in [-0.2, 0) is 22.6 Å². The van der Waals surface area contributed by atoms with Gasteiger partial charge >= 0.3 is 0 Å². The van der Waals surface area contributed by atoms with Gasteiger partial charge in [-0.1, -0.05) is 88.2 Å². The fourth-order valence-electron chi connectivity index (χ4n) is 3.70. The zero-order chi connectivity index (χ0) is 23.5. The lowest BCUT2D eigenvalue weighted by Gasteiger charge is -2.31. The van der Waals surface area contributed by atoms with Crippen molar-refractivity contribution in [3.05, 3.63) is 70.2 Å². The molecule has 0 fully saturated rings. The number of amides is 2. The van der Waals surface area contributed by atoms with Crippen molar-refractivity contribution in [2.45, 2.75) is 78.3 Å². The summed E-state index contributed by atoms with van der Waals surface area (Å²) in [7, 11) is 0. The van der Waals surface area contributed by atoms with Gasteiger partial charge in [0.25, 0.3) is 0 Å². The molecule has 2 aromatic rings. The van der Waals surface area contributed by atoms with Crippen LogP contribution in [0.5, 0.6) is 0 Å². The van der Waals surface area contributed by atoms with Crippen LogP contribution in [0, 0.1) is 0 Å². The first-order valence-corrected chi connectivity index (χ1v) is 12.1. The van der Waals surface area contributed by atoms with Crippen LogP contribution in [0.2, 0.25) is 5.02 Å². The van der Waals surface area contributed by atoms with Gasteiger partial charge in [-0.25, -0.2) is 0 Å². The van der Waals surface area contributed by atoms with Crippen molar-refractivity contribution in [2.75, 3.05) is 6.54 Å². The van der Waals surface area contributed by atoms with Crippen molar-refractivity contribution in [3.8, 4) is 0 Å². The van der Waals surface area contributed by atoms with Crippen LogP contribution in [0.25, 0.3) is 0 Å². The van der Waals surface area contributed by atoms with E-state index in [1.54, 1.807) is 4.90 Å². The standard InChI is InChI=1S/C27H37ClN2O2/c1-5-7-18-29-27(32)25(6-2)30(19-23-10-8-9-11-24(23)28)26(31)17-14-21-12-15-22(16-13-21)20(3)4/h8-13,15-16,20,25H,5-7,14,17-19H2,1-4H3,(H,29,32). The molecule has 0 aliphatic rings. The van der Waals surface area contributed by atoms with E-state index in [1.165, 1.54) is 5.56 Å². The highest BCUT2D eigenvalue weighted by molar-refractivity contribution is 6.31. The molecule has 1 N–H and O–H groups in total. The van der Waals surface area contributed by atoms with E-state index in [9.17, 15) is 9.59 Å². The lowest BCUT2D eigenvalue weighted by molar-refractivity contribution is -0.141. The molecule has 174 valence electrons. The summed E-state index contributed by atoms with van der Waals surface area (Å²) in [6, 6.07) is 15.4. The van der Waals surface area contributed by atoms with Crippen LogP contribution in [0.1, 0.15) is 76.0 Å². The number of nitrogens with one attached hydrogen (secondary N) is 1. The van der Waals surface area contributed by atoms with Crippen LogP contribution in [0.15, 0.2) is 48.5 Å². The van der Waals surface area contributed by atoms with Crippen molar-refractivity contribution in [1.29, 1.82) is 0 Å². The molecule has 0 spiro atoms. The van der Waals surface area contributed by atoms with E-state index < -0.39 is 6.04 Å². The Morgan fingerprint density at radius 2 is 1.72 bits per heavy atom. The van der Waals surface area contributed by atoms with E-state index in [1.807, 2.05) is 31.2 Å². The molecule has 0 aliphatic carbocycles. The molecular weight excluding hydrogens is 420 g/mol. The van der Waals surface area contributed by atoms with Gasteiger partial charge in [-0.2, -0.15) is 0 Å². The second-order valence-corrected chi connectivity index (χ2v) is 8.99. The van der Waals surface area contributed by atoms with E-state index in [2.05, 4.69) is 50.4 Å². The lowest BCUT2D eigenvalue weighted by Crippen LogP contribution is -2.49. The summed E-state index contributed by atoms with van der Waals surface area (Å²) >= 11 is 6.38. The Hall–Kier alpha value is -2.33. The SMILES string of the molecule is CCCCNC(=O)C(CC)N(Cc1ccccc1Cl)C(=O)CCc1ccc(C(C)C)cc1. The van der Waals surface area contributed by atoms with Gasteiger partial charge in [-0.3, -0.25) is 9.59 Å². The second-order valence-electron chi connectivity index (χ2n) is 8.58. The van der Waals surface area contributed by atoms with Crippen LogP contribution in [-0.4, -0.2) is 29.3 Å². The number of hydrogen-bond donors (Lipinski definition) is 1. The first-order chi connectivity index (χ1) is 15.4. The van der Waals surface area contributed by atoms with Crippen LogP contribution < -0.4 is 5.32 Å². The van der Waals surface area contributed by atoms with Gasteiger partial charge in [-0.05, 0) is 47.9 Å². The normalized spacial score (nSPS) is 11.9. The molecule has 1 atom stereocenters.